The standard InChI is InChI=1S/C20H19NO6S/c1-22-10-6-12-16-13(9-28-21-16)11-8-15(24-3)19(25-4)20(26-5)18(11)27-17(12)14(7-10)23-2/h6-9H,1-5H3. The Balaban J connectivity index is 2.10. The van der Waals surface area contributed by atoms with E-state index in [1.54, 1.807) is 41.6 Å². The minimum Gasteiger partial charge on any atom is -0.497 e. The van der Waals surface area contributed by atoms with Crippen LogP contribution < -0.4 is 28.4 Å². The number of nitrogens with zero attached hydrogens (tertiary/aromatic N) is 1. The first-order chi connectivity index (χ1) is 13.7. The van der Waals surface area contributed by atoms with Crippen molar-refractivity contribution in [2.45, 2.75) is 0 Å². The number of benzene rings is 2. The molecule has 0 saturated heterocycles. The van der Waals surface area contributed by atoms with Gasteiger partial charge in [0.2, 0.25) is 11.5 Å². The highest BCUT2D eigenvalue weighted by Crippen LogP contribution is 2.58. The molecule has 0 bridgehead atoms. The molecule has 146 valence electrons. The van der Waals surface area contributed by atoms with Crippen molar-refractivity contribution in [3.8, 4) is 62.6 Å². The Labute approximate surface area is 166 Å². The molecular weight excluding hydrogens is 382 g/mol. The van der Waals surface area contributed by atoms with Gasteiger partial charge in [-0.25, -0.2) is 0 Å². The molecule has 0 unspecified atom stereocenters. The van der Waals surface area contributed by atoms with Crippen LogP contribution in [0.15, 0.2) is 23.6 Å². The molecule has 1 aliphatic heterocycles. The van der Waals surface area contributed by atoms with E-state index in [-0.39, 0.29) is 0 Å². The fraction of sp³-hybridized carbons (Fsp3) is 0.250. The van der Waals surface area contributed by atoms with Crippen molar-refractivity contribution >= 4 is 11.5 Å². The highest BCUT2D eigenvalue weighted by Gasteiger charge is 2.32. The van der Waals surface area contributed by atoms with Gasteiger partial charge in [0.25, 0.3) is 0 Å². The molecule has 0 aliphatic carbocycles. The summed E-state index contributed by atoms with van der Waals surface area (Å²) in [6.45, 7) is 0. The van der Waals surface area contributed by atoms with Gasteiger partial charge in [0.05, 0.1) is 46.8 Å². The van der Waals surface area contributed by atoms with Crippen molar-refractivity contribution in [3.63, 3.8) is 0 Å². The number of hydrogen-bond donors (Lipinski definition) is 0. The van der Waals surface area contributed by atoms with E-state index in [4.69, 9.17) is 28.4 Å². The summed E-state index contributed by atoms with van der Waals surface area (Å²) in [5.41, 5.74) is 3.22. The second-order valence-corrected chi connectivity index (χ2v) is 6.54. The average molecular weight is 401 g/mol. The Morgan fingerprint density at radius 2 is 1.46 bits per heavy atom. The van der Waals surface area contributed by atoms with Crippen molar-refractivity contribution in [1.82, 2.24) is 4.37 Å². The molecule has 3 aromatic rings. The van der Waals surface area contributed by atoms with Gasteiger partial charge in [0.1, 0.15) is 5.75 Å². The number of aromatic nitrogens is 1. The first-order valence-electron chi connectivity index (χ1n) is 8.38. The van der Waals surface area contributed by atoms with Gasteiger partial charge in [-0.2, -0.15) is 4.37 Å². The van der Waals surface area contributed by atoms with E-state index in [1.807, 2.05) is 17.5 Å². The van der Waals surface area contributed by atoms with Crippen molar-refractivity contribution in [2.75, 3.05) is 35.5 Å². The minimum atomic E-state index is 0.430. The summed E-state index contributed by atoms with van der Waals surface area (Å²) < 4.78 is 38.6. The second kappa shape index (κ2) is 7.12. The van der Waals surface area contributed by atoms with E-state index in [2.05, 4.69) is 4.37 Å². The van der Waals surface area contributed by atoms with Gasteiger partial charge in [-0.3, -0.25) is 0 Å². The van der Waals surface area contributed by atoms with Gasteiger partial charge in [-0.15, -0.1) is 0 Å². The molecule has 8 heteroatoms. The fourth-order valence-corrected chi connectivity index (χ4v) is 3.98. The molecule has 7 nitrogen and oxygen atoms in total. The van der Waals surface area contributed by atoms with Crippen LogP contribution in [-0.2, 0) is 0 Å². The molecule has 0 spiro atoms. The van der Waals surface area contributed by atoms with Gasteiger partial charge >= 0.3 is 0 Å². The van der Waals surface area contributed by atoms with Crippen LogP contribution in [0.5, 0.6) is 40.2 Å². The highest BCUT2D eigenvalue weighted by atomic mass is 32.1. The van der Waals surface area contributed by atoms with Crippen LogP contribution in [0.4, 0.5) is 0 Å². The summed E-state index contributed by atoms with van der Waals surface area (Å²) in [6, 6.07) is 5.51. The molecule has 4 rings (SSSR count). The molecule has 2 aromatic carbocycles. The maximum atomic E-state index is 6.35. The Morgan fingerprint density at radius 3 is 2.11 bits per heavy atom. The number of hydrogen-bond acceptors (Lipinski definition) is 8. The summed E-state index contributed by atoms with van der Waals surface area (Å²) >= 11 is 1.36. The molecule has 0 N–H and O–H groups in total. The van der Waals surface area contributed by atoms with E-state index in [1.165, 1.54) is 11.5 Å². The van der Waals surface area contributed by atoms with Gasteiger partial charge in [0.15, 0.2) is 23.0 Å². The lowest BCUT2D eigenvalue weighted by Gasteiger charge is -2.19. The van der Waals surface area contributed by atoms with Crippen LogP contribution in [0, 0.1) is 0 Å². The van der Waals surface area contributed by atoms with E-state index in [0.29, 0.717) is 40.2 Å². The topological polar surface area (TPSA) is 68.3 Å². The smallest absolute Gasteiger partial charge is 0.208 e. The average Bonchev–Trinajstić information content (AvgIpc) is 3.17. The number of rotatable bonds is 5. The molecular formula is C20H19NO6S. The number of fused-ring (bicyclic) bond motifs is 5. The zero-order valence-electron chi connectivity index (χ0n) is 16.1. The Hall–Kier alpha value is -3.13. The third kappa shape index (κ3) is 2.60. The van der Waals surface area contributed by atoms with E-state index in [9.17, 15) is 0 Å². The number of ether oxygens (including phenoxy) is 6. The second-order valence-electron chi connectivity index (χ2n) is 5.91. The van der Waals surface area contributed by atoms with Crippen LogP contribution in [0.3, 0.4) is 0 Å². The zero-order valence-corrected chi connectivity index (χ0v) is 16.9. The molecule has 0 fully saturated rings. The van der Waals surface area contributed by atoms with Gasteiger partial charge in [-0.05, 0) is 23.7 Å². The largest absolute Gasteiger partial charge is 0.497 e. The van der Waals surface area contributed by atoms with Crippen LogP contribution in [-0.4, -0.2) is 39.9 Å². The number of methoxy groups -OCH3 is 5. The molecule has 1 aromatic heterocycles. The minimum absolute atomic E-state index is 0.430. The van der Waals surface area contributed by atoms with Crippen LogP contribution >= 0.6 is 11.5 Å². The maximum absolute atomic E-state index is 6.35. The molecule has 1 aliphatic rings. The van der Waals surface area contributed by atoms with Crippen molar-refractivity contribution in [2.24, 2.45) is 0 Å². The SMILES string of the molecule is COc1cc(OC)c2c(c1)-c1nscc1-c1cc(OC)c(OC)c(OC)c1O2. The molecule has 2 heterocycles. The van der Waals surface area contributed by atoms with E-state index < -0.39 is 0 Å². The highest BCUT2D eigenvalue weighted by molar-refractivity contribution is 7.04. The Bertz CT molecular complexity index is 1050. The van der Waals surface area contributed by atoms with Crippen LogP contribution in [0.2, 0.25) is 0 Å². The molecule has 0 radical (unpaired) electrons. The lowest BCUT2D eigenvalue weighted by molar-refractivity contribution is 0.310. The lowest BCUT2D eigenvalue weighted by atomic mass is 10.0. The van der Waals surface area contributed by atoms with Crippen molar-refractivity contribution in [3.05, 3.63) is 23.6 Å². The van der Waals surface area contributed by atoms with E-state index >= 15 is 0 Å². The summed E-state index contributed by atoms with van der Waals surface area (Å²) in [5.74, 6) is 3.62. The monoisotopic (exact) mass is 401 g/mol. The van der Waals surface area contributed by atoms with Crippen molar-refractivity contribution < 1.29 is 28.4 Å². The quantitative estimate of drug-likeness (QED) is 0.483. The first kappa shape index (κ1) is 18.2. The zero-order chi connectivity index (χ0) is 19.8. The molecule has 0 atom stereocenters. The Morgan fingerprint density at radius 1 is 0.714 bits per heavy atom. The predicted molar refractivity (Wildman–Crippen MR) is 106 cm³/mol. The van der Waals surface area contributed by atoms with Gasteiger partial charge in [0, 0.05) is 22.6 Å². The van der Waals surface area contributed by atoms with Crippen LogP contribution in [0.25, 0.3) is 22.4 Å². The summed E-state index contributed by atoms with van der Waals surface area (Å²) in [7, 11) is 7.88. The first-order valence-corrected chi connectivity index (χ1v) is 9.22. The normalized spacial score (nSPS) is 11.3. The Kier molecular flexibility index (Phi) is 4.64. The summed E-state index contributed by atoms with van der Waals surface area (Å²) in [6.07, 6.45) is 0. The molecule has 0 saturated carbocycles. The lowest BCUT2D eigenvalue weighted by Crippen LogP contribution is -1.99. The third-order valence-electron chi connectivity index (χ3n) is 4.59. The van der Waals surface area contributed by atoms with Gasteiger partial charge in [-0.1, -0.05) is 0 Å². The van der Waals surface area contributed by atoms with E-state index in [0.717, 1.165) is 22.4 Å². The van der Waals surface area contributed by atoms with Crippen LogP contribution in [0.1, 0.15) is 0 Å². The predicted octanol–water partition coefficient (Wildman–Crippen LogP) is 4.63. The van der Waals surface area contributed by atoms with Crippen molar-refractivity contribution in [1.29, 1.82) is 0 Å². The van der Waals surface area contributed by atoms with Gasteiger partial charge < -0.3 is 28.4 Å². The molecule has 0 amide bonds. The molecule has 28 heavy (non-hydrogen) atoms. The summed E-state index contributed by atoms with van der Waals surface area (Å²) in [5, 5.41) is 1.96. The maximum Gasteiger partial charge on any atom is 0.208 e. The summed E-state index contributed by atoms with van der Waals surface area (Å²) in [4.78, 5) is 0. The fourth-order valence-electron chi connectivity index (χ4n) is 3.28. The third-order valence-corrected chi connectivity index (χ3v) is 5.22.